The van der Waals surface area contributed by atoms with Crippen LogP contribution in [0, 0.1) is 0 Å². The third-order valence-corrected chi connectivity index (χ3v) is 8.27. The minimum Gasteiger partial charge on any atom is -0.453 e. The van der Waals surface area contributed by atoms with Crippen LogP contribution in [0.4, 0.5) is 4.79 Å². The van der Waals surface area contributed by atoms with Crippen LogP contribution in [0.1, 0.15) is 43.6 Å². The quantitative estimate of drug-likeness (QED) is 0.660. The first kappa shape index (κ1) is 23.7. The summed E-state index contributed by atoms with van der Waals surface area (Å²) in [4.78, 5) is 14.1. The smallest absolute Gasteiger partial charge is 0.409 e. The first-order chi connectivity index (χ1) is 16.0. The van der Waals surface area contributed by atoms with Gasteiger partial charge in [-0.25, -0.2) is 17.9 Å². The van der Waals surface area contributed by atoms with Gasteiger partial charge in [0.15, 0.2) is 0 Å². The zero-order chi connectivity index (χ0) is 23.3. The summed E-state index contributed by atoms with van der Waals surface area (Å²) in [7, 11) is -2.36. The summed E-state index contributed by atoms with van der Waals surface area (Å²) in [5.74, 6) is 0.550. The lowest BCUT2D eigenvalue weighted by Crippen LogP contribution is -2.49. The molecule has 2 aromatic carbocycles. The highest BCUT2D eigenvalue weighted by atomic mass is 32.2. The highest BCUT2D eigenvalue weighted by Gasteiger charge is 2.40. The lowest BCUT2D eigenvalue weighted by Gasteiger charge is -2.32. The van der Waals surface area contributed by atoms with E-state index in [0.29, 0.717) is 18.9 Å². The van der Waals surface area contributed by atoms with Crippen molar-refractivity contribution < 1.29 is 22.7 Å². The standard InChI is InChI=1S/C25H32N2O5S/c1-31-25(28)27-17-16-23(26-33(29,30)22-10-6-3-7-11-22)24(27)18-32-21-14-12-20(13-15-21)19-8-4-2-5-9-19/h2-11,20-21,23-24,26H,12-18H2,1H3/t20?,21?,23-,24-/m0/s1. The Morgan fingerprint density at radius 1 is 0.970 bits per heavy atom. The molecule has 2 aliphatic rings. The third kappa shape index (κ3) is 5.75. The van der Waals surface area contributed by atoms with Gasteiger partial charge in [0.2, 0.25) is 10.0 Å². The fourth-order valence-electron chi connectivity index (χ4n) is 4.93. The van der Waals surface area contributed by atoms with Crippen molar-refractivity contribution in [3.8, 4) is 0 Å². The summed E-state index contributed by atoms with van der Waals surface area (Å²) in [5.41, 5.74) is 1.37. The normalized spacial score (nSPS) is 25.7. The summed E-state index contributed by atoms with van der Waals surface area (Å²) in [6.07, 6.45) is 4.18. The monoisotopic (exact) mass is 472 g/mol. The minimum atomic E-state index is -3.70. The maximum atomic E-state index is 12.9. The molecular weight excluding hydrogens is 440 g/mol. The summed E-state index contributed by atoms with van der Waals surface area (Å²) in [6.45, 7) is 0.696. The zero-order valence-corrected chi connectivity index (χ0v) is 19.7. The Morgan fingerprint density at radius 2 is 1.61 bits per heavy atom. The molecule has 1 aliphatic carbocycles. The Kier molecular flexibility index (Phi) is 7.67. The van der Waals surface area contributed by atoms with Crippen LogP contribution in [0.15, 0.2) is 65.6 Å². The molecule has 1 saturated heterocycles. The van der Waals surface area contributed by atoms with Gasteiger partial charge in [-0.05, 0) is 55.7 Å². The number of carbonyl (C=O) groups is 1. The second kappa shape index (κ2) is 10.7. The Balaban J connectivity index is 1.38. The van der Waals surface area contributed by atoms with Gasteiger partial charge >= 0.3 is 6.09 Å². The lowest BCUT2D eigenvalue weighted by atomic mass is 9.83. The first-order valence-electron chi connectivity index (χ1n) is 11.6. The number of ether oxygens (including phenoxy) is 2. The van der Waals surface area contributed by atoms with E-state index in [2.05, 4.69) is 29.0 Å². The van der Waals surface area contributed by atoms with E-state index in [4.69, 9.17) is 9.47 Å². The van der Waals surface area contributed by atoms with Gasteiger partial charge in [-0.3, -0.25) is 0 Å². The summed E-state index contributed by atoms with van der Waals surface area (Å²) in [5, 5.41) is 0. The average Bonchev–Trinajstić information content (AvgIpc) is 3.25. The van der Waals surface area contributed by atoms with Crippen LogP contribution in [0.25, 0.3) is 0 Å². The molecule has 0 bridgehead atoms. The number of rotatable bonds is 7. The topological polar surface area (TPSA) is 84.9 Å². The van der Waals surface area contributed by atoms with E-state index in [9.17, 15) is 13.2 Å². The number of likely N-dealkylation sites (tertiary alicyclic amines) is 1. The molecule has 1 amide bonds. The number of nitrogens with zero attached hydrogens (tertiary/aromatic N) is 1. The molecular formula is C25H32N2O5S. The van der Waals surface area contributed by atoms with Crippen molar-refractivity contribution >= 4 is 16.1 Å². The molecule has 4 rings (SSSR count). The van der Waals surface area contributed by atoms with Crippen molar-refractivity contribution in [1.29, 1.82) is 0 Å². The number of nitrogens with one attached hydrogen (secondary N) is 1. The SMILES string of the molecule is COC(=O)N1CC[C@H](NS(=O)(=O)c2ccccc2)[C@@H]1COC1CCC(c2ccccc2)CC1. The number of benzene rings is 2. The summed E-state index contributed by atoms with van der Waals surface area (Å²) < 4.78 is 39.7. The lowest BCUT2D eigenvalue weighted by molar-refractivity contribution is -0.00535. The second-order valence-electron chi connectivity index (χ2n) is 8.78. The molecule has 1 N–H and O–H groups in total. The molecule has 0 aromatic heterocycles. The largest absolute Gasteiger partial charge is 0.453 e. The number of hydrogen-bond acceptors (Lipinski definition) is 5. The van der Waals surface area contributed by atoms with Gasteiger partial charge in [0.05, 0.1) is 30.8 Å². The summed E-state index contributed by atoms with van der Waals surface area (Å²) >= 11 is 0. The molecule has 1 saturated carbocycles. The number of carbonyl (C=O) groups excluding carboxylic acids is 1. The fraction of sp³-hybridized carbons (Fsp3) is 0.480. The Bertz CT molecular complexity index is 1010. The van der Waals surface area contributed by atoms with Crippen LogP contribution in [0.3, 0.4) is 0 Å². The zero-order valence-electron chi connectivity index (χ0n) is 18.9. The average molecular weight is 473 g/mol. The molecule has 2 fully saturated rings. The first-order valence-corrected chi connectivity index (χ1v) is 13.0. The molecule has 8 heteroatoms. The molecule has 2 atom stereocenters. The Labute approximate surface area is 196 Å². The molecule has 1 aliphatic heterocycles. The van der Waals surface area contributed by atoms with Gasteiger partial charge in [-0.2, -0.15) is 0 Å². The van der Waals surface area contributed by atoms with Crippen LogP contribution < -0.4 is 4.72 Å². The van der Waals surface area contributed by atoms with Gasteiger partial charge in [-0.1, -0.05) is 48.5 Å². The minimum absolute atomic E-state index is 0.108. The molecule has 178 valence electrons. The van der Waals surface area contributed by atoms with Crippen molar-refractivity contribution in [1.82, 2.24) is 9.62 Å². The van der Waals surface area contributed by atoms with E-state index in [1.165, 1.54) is 12.7 Å². The second-order valence-corrected chi connectivity index (χ2v) is 10.5. The molecule has 1 heterocycles. The molecule has 33 heavy (non-hydrogen) atoms. The van der Waals surface area contributed by atoms with E-state index >= 15 is 0 Å². The Morgan fingerprint density at radius 3 is 2.24 bits per heavy atom. The summed E-state index contributed by atoms with van der Waals surface area (Å²) in [6, 6.07) is 18.0. The number of hydrogen-bond donors (Lipinski definition) is 1. The van der Waals surface area contributed by atoms with E-state index in [1.807, 2.05) is 6.07 Å². The molecule has 0 unspecified atom stereocenters. The van der Waals surface area contributed by atoms with Crippen molar-refractivity contribution in [3.05, 3.63) is 66.2 Å². The number of amides is 1. The van der Waals surface area contributed by atoms with Crippen LogP contribution in [-0.2, 0) is 19.5 Å². The molecule has 0 radical (unpaired) electrons. The predicted octanol–water partition coefficient (Wildman–Crippen LogP) is 3.92. The van der Waals surface area contributed by atoms with E-state index < -0.39 is 28.2 Å². The maximum absolute atomic E-state index is 12.9. The predicted molar refractivity (Wildman–Crippen MR) is 125 cm³/mol. The third-order valence-electron chi connectivity index (χ3n) is 6.76. The highest BCUT2D eigenvalue weighted by Crippen LogP contribution is 2.34. The molecule has 2 aromatic rings. The molecule has 0 spiro atoms. The van der Waals surface area contributed by atoms with E-state index in [-0.39, 0.29) is 17.6 Å². The highest BCUT2D eigenvalue weighted by molar-refractivity contribution is 7.89. The van der Waals surface area contributed by atoms with Gasteiger partial charge in [-0.15, -0.1) is 0 Å². The van der Waals surface area contributed by atoms with Crippen molar-refractivity contribution in [3.63, 3.8) is 0 Å². The van der Waals surface area contributed by atoms with Crippen LogP contribution >= 0.6 is 0 Å². The van der Waals surface area contributed by atoms with E-state index in [0.717, 1.165) is 25.7 Å². The number of methoxy groups -OCH3 is 1. The van der Waals surface area contributed by atoms with Crippen molar-refractivity contribution in [2.45, 2.75) is 61.1 Å². The van der Waals surface area contributed by atoms with Gasteiger partial charge in [0.25, 0.3) is 0 Å². The molecule has 7 nitrogen and oxygen atoms in total. The number of sulfonamides is 1. The van der Waals surface area contributed by atoms with Gasteiger partial charge < -0.3 is 14.4 Å². The van der Waals surface area contributed by atoms with E-state index in [1.54, 1.807) is 35.2 Å². The van der Waals surface area contributed by atoms with Crippen molar-refractivity contribution in [2.24, 2.45) is 0 Å². The Hall–Kier alpha value is -2.42. The fourth-order valence-corrected chi connectivity index (χ4v) is 6.26. The van der Waals surface area contributed by atoms with Crippen molar-refractivity contribution in [2.75, 3.05) is 20.3 Å². The maximum Gasteiger partial charge on any atom is 0.409 e. The van der Waals surface area contributed by atoms with Crippen LogP contribution in [0.2, 0.25) is 0 Å². The van der Waals surface area contributed by atoms with Gasteiger partial charge in [0, 0.05) is 12.6 Å². The van der Waals surface area contributed by atoms with Crippen LogP contribution in [0.5, 0.6) is 0 Å². The van der Waals surface area contributed by atoms with Crippen LogP contribution in [-0.4, -0.2) is 57.9 Å². The van der Waals surface area contributed by atoms with Gasteiger partial charge in [0.1, 0.15) is 0 Å².